The Kier molecular flexibility index (Phi) is 13.1. The average Bonchev–Trinajstić information content (AvgIpc) is 2.70. The lowest BCUT2D eigenvalue weighted by Crippen LogP contribution is -2.14. The minimum absolute atomic E-state index is 0.0207. The molecule has 1 aromatic carbocycles. The molecule has 0 saturated carbocycles. The lowest BCUT2D eigenvalue weighted by atomic mass is 9.87. The van der Waals surface area contributed by atoms with E-state index in [0.29, 0.717) is 12.0 Å². The molecule has 0 aliphatic rings. The van der Waals surface area contributed by atoms with E-state index in [4.69, 9.17) is 0 Å². The molecule has 0 bridgehead atoms. The summed E-state index contributed by atoms with van der Waals surface area (Å²) in [6.45, 7) is 6.30. The van der Waals surface area contributed by atoms with Crippen molar-refractivity contribution in [3.63, 3.8) is 0 Å². The third kappa shape index (κ3) is 9.32. The van der Waals surface area contributed by atoms with Gasteiger partial charge < -0.3 is 10.2 Å². The Hall–Kier alpha value is -1.84. The van der Waals surface area contributed by atoms with Gasteiger partial charge in [-0.2, -0.15) is 0 Å². The number of carbonyl (C=O) groups is 2. The SMILES string of the molecule is CCCCCCCCCCCCCCCc1c(C(C)C)ccc(C(=O)O)c1C(=O)O. The van der Waals surface area contributed by atoms with Gasteiger partial charge in [-0.05, 0) is 36.0 Å². The van der Waals surface area contributed by atoms with E-state index in [1.54, 1.807) is 6.07 Å². The second kappa shape index (κ2) is 15.0. The highest BCUT2D eigenvalue weighted by Crippen LogP contribution is 2.28. The van der Waals surface area contributed by atoms with Gasteiger partial charge in [-0.3, -0.25) is 0 Å². The summed E-state index contributed by atoms with van der Waals surface area (Å²) in [4.78, 5) is 23.3. The molecule has 0 saturated heterocycles. The van der Waals surface area contributed by atoms with Crippen molar-refractivity contribution in [1.82, 2.24) is 0 Å². The van der Waals surface area contributed by atoms with Crippen LogP contribution in [0.15, 0.2) is 12.1 Å². The van der Waals surface area contributed by atoms with E-state index in [9.17, 15) is 19.8 Å². The Bertz CT molecular complexity index is 649. The number of benzene rings is 1. The zero-order chi connectivity index (χ0) is 22.4. The van der Waals surface area contributed by atoms with Crippen LogP contribution in [0.5, 0.6) is 0 Å². The number of aromatic carboxylic acids is 2. The van der Waals surface area contributed by atoms with Gasteiger partial charge in [0.15, 0.2) is 0 Å². The molecule has 0 aliphatic heterocycles. The van der Waals surface area contributed by atoms with Gasteiger partial charge in [-0.1, -0.05) is 104 Å². The maximum atomic E-state index is 11.8. The highest BCUT2D eigenvalue weighted by atomic mass is 16.4. The molecule has 1 rings (SSSR count). The topological polar surface area (TPSA) is 74.6 Å². The van der Waals surface area contributed by atoms with E-state index in [-0.39, 0.29) is 17.0 Å². The van der Waals surface area contributed by atoms with Gasteiger partial charge >= 0.3 is 11.9 Å². The second-order valence-electron chi connectivity index (χ2n) is 8.81. The van der Waals surface area contributed by atoms with Gasteiger partial charge in [0.1, 0.15) is 0 Å². The summed E-state index contributed by atoms with van der Waals surface area (Å²) in [5.74, 6) is -2.14. The number of unbranched alkanes of at least 4 members (excludes halogenated alkanes) is 12. The quantitative estimate of drug-likeness (QED) is 0.253. The van der Waals surface area contributed by atoms with Crippen molar-refractivity contribution < 1.29 is 19.8 Å². The molecule has 0 unspecified atom stereocenters. The van der Waals surface area contributed by atoms with Crippen LogP contribution in [0, 0.1) is 0 Å². The van der Waals surface area contributed by atoms with Crippen molar-refractivity contribution in [2.24, 2.45) is 0 Å². The molecular formula is C26H42O4. The molecular weight excluding hydrogens is 376 g/mol. The second-order valence-corrected chi connectivity index (χ2v) is 8.81. The van der Waals surface area contributed by atoms with Crippen LogP contribution in [0.4, 0.5) is 0 Å². The van der Waals surface area contributed by atoms with E-state index >= 15 is 0 Å². The molecule has 0 fully saturated rings. The first-order chi connectivity index (χ1) is 14.4. The van der Waals surface area contributed by atoms with E-state index in [1.807, 2.05) is 13.8 Å². The number of carboxylic acids is 2. The summed E-state index contributed by atoms with van der Waals surface area (Å²) in [5.41, 5.74) is 1.54. The van der Waals surface area contributed by atoms with Crippen molar-refractivity contribution >= 4 is 11.9 Å². The largest absolute Gasteiger partial charge is 0.478 e. The zero-order valence-electron chi connectivity index (χ0n) is 19.3. The standard InChI is InChI=1S/C26H42O4/c1-4-5-6-7-8-9-10-11-12-13-14-15-16-17-22-21(20(2)3)18-19-23(25(27)28)24(22)26(29)30/h18-20H,4-17H2,1-3H3,(H,27,28)(H,29,30). The normalized spacial score (nSPS) is 11.2. The Labute approximate surface area is 183 Å². The molecule has 4 nitrogen and oxygen atoms in total. The van der Waals surface area contributed by atoms with Gasteiger partial charge in [-0.15, -0.1) is 0 Å². The lowest BCUT2D eigenvalue weighted by molar-refractivity contribution is 0.0650. The summed E-state index contributed by atoms with van der Waals surface area (Å²) in [5, 5.41) is 19.0. The molecule has 0 atom stereocenters. The van der Waals surface area contributed by atoms with Crippen LogP contribution in [-0.4, -0.2) is 22.2 Å². The Morgan fingerprint density at radius 2 is 1.20 bits per heavy atom. The van der Waals surface area contributed by atoms with Crippen LogP contribution in [0.1, 0.15) is 142 Å². The fourth-order valence-electron chi connectivity index (χ4n) is 4.22. The van der Waals surface area contributed by atoms with Crippen LogP contribution in [-0.2, 0) is 6.42 Å². The van der Waals surface area contributed by atoms with Crippen LogP contribution in [0.25, 0.3) is 0 Å². The fraction of sp³-hybridized carbons (Fsp3) is 0.692. The number of carboxylic acid groups (broad SMARTS) is 2. The maximum Gasteiger partial charge on any atom is 0.336 e. The summed E-state index contributed by atoms with van der Waals surface area (Å²) < 4.78 is 0. The van der Waals surface area contributed by atoms with Crippen molar-refractivity contribution in [2.75, 3.05) is 0 Å². The first kappa shape index (κ1) is 26.2. The minimum atomic E-state index is -1.17. The highest BCUT2D eigenvalue weighted by molar-refractivity contribution is 6.03. The summed E-state index contributed by atoms with van der Waals surface area (Å²) in [7, 11) is 0. The summed E-state index contributed by atoms with van der Waals surface area (Å²) in [6.07, 6.45) is 17.1. The number of hydrogen-bond acceptors (Lipinski definition) is 2. The van der Waals surface area contributed by atoms with Crippen molar-refractivity contribution in [3.05, 3.63) is 34.4 Å². The lowest BCUT2D eigenvalue weighted by Gasteiger charge is -2.17. The Morgan fingerprint density at radius 3 is 1.60 bits per heavy atom. The Balaban J connectivity index is 2.40. The number of rotatable bonds is 17. The van der Waals surface area contributed by atoms with E-state index in [0.717, 1.165) is 24.8 Å². The monoisotopic (exact) mass is 418 g/mol. The highest BCUT2D eigenvalue weighted by Gasteiger charge is 2.23. The summed E-state index contributed by atoms with van der Waals surface area (Å²) in [6, 6.07) is 3.23. The fourth-order valence-corrected chi connectivity index (χ4v) is 4.22. The molecule has 0 amide bonds. The zero-order valence-corrected chi connectivity index (χ0v) is 19.3. The predicted molar refractivity (Wildman–Crippen MR) is 124 cm³/mol. The van der Waals surface area contributed by atoms with Crippen molar-refractivity contribution in [2.45, 2.75) is 117 Å². The van der Waals surface area contributed by atoms with E-state index in [1.165, 1.54) is 70.3 Å². The van der Waals surface area contributed by atoms with Crippen molar-refractivity contribution in [1.29, 1.82) is 0 Å². The smallest absolute Gasteiger partial charge is 0.336 e. The molecule has 0 heterocycles. The summed E-state index contributed by atoms with van der Waals surface area (Å²) >= 11 is 0. The molecule has 0 radical (unpaired) electrons. The van der Waals surface area contributed by atoms with Gasteiger partial charge in [-0.25, -0.2) is 9.59 Å². The maximum absolute atomic E-state index is 11.8. The van der Waals surface area contributed by atoms with Crippen LogP contribution < -0.4 is 0 Å². The molecule has 4 heteroatoms. The van der Waals surface area contributed by atoms with Crippen molar-refractivity contribution in [3.8, 4) is 0 Å². The first-order valence-electron chi connectivity index (χ1n) is 12.0. The van der Waals surface area contributed by atoms with E-state index < -0.39 is 11.9 Å². The van der Waals surface area contributed by atoms with Gasteiger partial charge in [0, 0.05) is 0 Å². The first-order valence-corrected chi connectivity index (χ1v) is 12.0. The number of hydrogen-bond donors (Lipinski definition) is 2. The van der Waals surface area contributed by atoms with E-state index in [2.05, 4.69) is 6.92 Å². The average molecular weight is 419 g/mol. The molecule has 2 N–H and O–H groups in total. The van der Waals surface area contributed by atoms with Gasteiger partial charge in [0.2, 0.25) is 0 Å². The molecule has 170 valence electrons. The van der Waals surface area contributed by atoms with Gasteiger partial charge in [0.25, 0.3) is 0 Å². The molecule has 1 aromatic rings. The van der Waals surface area contributed by atoms with Crippen LogP contribution in [0.2, 0.25) is 0 Å². The van der Waals surface area contributed by atoms with Gasteiger partial charge in [0.05, 0.1) is 11.1 Å². The van der Waals surface area contributed by atoms with Crippen LogP contribution in [0.3, 0.4) is 0 Å². The Morgan fingerprint density at radius 1 is 0.733 bits per heavy atom. The molecule has 0 aliphatic carbocycles. The predicted octanol–water partition coefficient (Wildman–Crippen LogP) is 7.84. The third-order valence-corrected chi connectivity index (χ3v) is 5.95. The molecule has 0 spiro atoms. The minimum Gasteiger partial charge on any atom is -0.478 e. The molecule has 30 heavy (non-hydrogen) atoms. The third-order valence-electron chi connectivity index (χ3n) is 5.95. The van der Waals surface area contributed by atoms with Crippen LogP contribution >= 0.6 is 0 Å². The molecule has 0 aromatic heterocycles.